The number of benzene rings is 1. The quantitative estimate of drug-likeness (QED) is 0.365. The second-order valence-corrected chi connectivity index (χ2v) is 7.18. The zero-order chi connectivity index (χ0) is 19.8. The molecular formula is C18H24N4O4S. The van der Waals surface area contributed by atoms with Crippen molar-refractivity contribution in [3.05, 3.63) is 40.3 Å². The lowest BCUT2D eigenvalue weighted by Gasteiger charge is -2.08. The lowest BCUT2D eigenvalue weighted by atomic mass is 10.1. The number of Topliss-reactive ketones (excluding diaryl/α,β-unsaturated/α-hetero) is 1. The van der Waals surface area contributed by atoms with Gasteiger partial charge >= 0.3 is 5.69 Å². The molecule has 0 spiro atoms. The third-order valence-electron chi connectivity index (χ3n) is 3.78. The SMILES string of the molecule is COCCCn1c(SCC(=O)c2ccc(NC(=O)C(C)C)cc2)n[nH]c1=O. The summed E-state index contributed by atoms with van der Waals surface area (Å²) in [5.41, 5.74) is 0.886. The van der Waals surface area contributed by atoms with Crippen LogP contribution < -0.4 is 11.0 Å². The predicted octanol–water partition coefficient (Wildman–Crippen LogP) is 2.18. The fourth-order valence-corrected chi connectivity index (χ4v) is 3.08. The second-order valence-electron chi connectivity index (χ2n) is 6.24. The standard InChI is InChI=1S/C18H24N4O4S/c1-12(2)16(24)19-14-7-5-13(6-8-14)15(23)11-27-18-21-20-17(25)22(18)9-4-10-26-3/h5-8,12H,4,9-11H2,1-3H3,(H,19,24)(H,20,25). The van der Waals surface area contributed by atoms with Crippen molar-refractivity contribution in [2.75, 3.05) is 24.8 Å². The van der Waals surface area contributed by atoms with E-state index in [1.165, 1.54) is 16.3 Å². The van der Waals surface area contributed by atoms with Crippen molar-refractivity contribution in [2.24, 2.45) is 5.92 Å². The Morgan fingerprint density at radius 3 is 2.63 bits per heavy atom. The topological polar surface area (TPSA) is 106 Å². The van der Waals surface area contributed by atoms with E-state index in [2.05, 4.69) is 15.5 Å². The van der Waals surface area contributed by atoms with Crippen LogP contribution in [0.25, 0.3) is 0 Å². The molecule has 2 N–H and O–H groups in total. The van der Waals surface area contributed by atoms with Gasteiger partial charge < -0.3 is 10.1 Å². The maximum absolute atomic E-state index is 12.4. The average molecular weight is 392 g/mol. The molecule has 9 heteroatoms. The highest BCUT2D eigenvalue weighted by molar-refractivity contribution is 7.99. The van der Waals surface area contributed by atoms with E-state index in [-0.39, 0.29) is 29.1 Å². The van der Waals surface area contributed by atoms with E-state index < -0.39 is 0 Å². The highest BCUT2D eigenvalue weighted by atomic mass is 32.2. The molecule has 1 aromatic heterocycles. The lowest BCUT2D eigenvalue weighted by Crippen LogP contribution is -2.19. The molecule has 0 unspecified atom stereocenters. The summed E-state index contributed by atoms with van der Waals surface area (Å²) in [5.74, 6) is -0.111. The number of nitrogens with one attached hydrogen (secondary N) is 2. The van der Waals surface area contributed by atoms with Gasteiger partial charge in [0.05, 0.1) is 5.75 Å². The molecule has 1 heterocycles. The van der Waals surface area contributed by atoms with E-state index in [0.29, 0.717) is 36.0 Å². The summed E-state index contributed by atoms with van der Waals surface area (Å²) in [6.45, 7) is 4.65. The molecule has 0 fully saturated rings. The van der Waals surface area contributed by atoms with Crippen molar-refractivity contribution in [2.45, 2.75) is 32.0 Å². The van der Waals surface area contributed by atoms with Gasteiger partial charge in [0.1, 0.15) is 0 Å². The zero-order valence-corrected chi connectivity index (χ0v) is 16.5. The van der Waals surface area contributed by atoms with Crippen molar-refractivity contribution in [3.63, 3.8) is 0 Å². The van der Waals surface area contributed by atoms with Crippen molar-refractivity contribution in [1.82, 2.24) is 14.8 Å². The minimum atomic E-state index is -0.300. The fraction of sp³-hybridized carbons (Fsp3) is 0.444. The van der Waals surface area contributed by atoms with Gasteiger partial charge in [-0.2, -0.15) is 0 Å². The van der Waals surface area contributed by atoms with Crippen LogP contribution in [0.1, 0.15) is 30.6 Å². The highest BCUT2D eigenvalue weighted by Gasteiger charge is 2.13. The van der Waals surface area contributed by atoms with Crippen molar-refractivity contribution in [3.8, 4) is 0 Å². The Labute approximate surface area is 161 Å². The van der Waals surface area contributed by atoms with Crippen LogP contribution in [-0.2, 0) is 16.1 Å². The van der Waals surface area contributed by atoms with E-state index in [1.807, 2.05) is 13.8 Å². The predicted molar refractivity (Wildman–Crippen MR) is 104 cm³/mol. The second kappa shape index (κ2) is 10.1. The monoisotopic (exact) mass is 392 g/mol. The van der Waals surface area contributed by atoms with Crippen molar-refractivity contribution >= 4 is 29.1 Å². The first kappa shape index (κ1) is 20.9. The molecule has 1 aromatic carbocycles. The summed E-state index contributed by atoms with van der Waals surface area (Å²) in [6, 6.07) is 6.75. The van der Waals surface area contributed by atoms with Gasteiger partial charge in [0.15, 0.2) is 10.9 Å². The molecule has 2 aromatic rings. The number of thioether (sulfide) groups is 1. The van der Waals surface area contributed by atoms with Crippen LogP contribution in [0.2, 0.25) is 0 Å². The number of carbonyl (C=O) groups excluding carboxylic acids is 2. The number of ether oxygens (including phenoxy) is 1. The molecule has 0 saturated carbocycles. The number of rotatable bonds is 10. The Bertz CT molecular complexity index is 827. The largest absolute Gasteiger partial charge is 0.385 e. The molecule has 2 rings (SSSR count). The minimum absolute atomic E-state index is 0.0744. The summed E-state index contributed by atoms with van der Waals surface area (Å²) in [6.07, 6.45) is 0.682. The number of nitrogens with zero attached hydrogens (tertiary/aromatic N) is 2. The van der Waals surface area contributed by atoms with Crippen LogP contribution in [0.5, 0.6) is 0 Å². The van der Waals surface area contributed by atoms with Gasteiger partial charge in [0, 0.05) is 37.4 Å². The summed E-state index contributed by atoms with van der Waals surface area (Å²) in [4.78, 5) is 35.9. The number of aromatic amines is 1. The van der Waals surface area contributed by atoms with Gasteiger partial charge in [-0.05, 0) is 30.7 Å². The maximum Gasteiger partial charge on any atom is 0.343 e. The smallest absolute Gasteiger partial charge is 0.343 e. The van der Waals surface area contributed by atoms with Gasteiger partial charge in [-0.25, -0.2) is 9.89 Å². The first-order chi connectivity index (χ1) is 12.9. The van der Waals surface area contributed by atoms with E-state index in [0.717, 1.165) is 0 Å². The molecular weight excluding hydrogens is 368 g/mol. The number of hydrogen-bond acceptors (Lipinski definition) is 6. The fourth-order valence-electron chi connectivity index (χ4n) is 2.22. The number of ketones is 1. The Morgan fingerprint density at radius 1 is 1.30 bits per heavy atom. The van der Waals surface area contributed by atoms with Crippen molar-refractivity contribution < 1.29 is 14.3 Å². The number of H-pyrrole nitrogens is 1. The molecule has 0 aliphatic rings. The van der Waals surface area contributed by atoms with Crippen LogP contribution in [0.4, 0.5) is 5.69 Å². The molecule has 0 aliphatic heterocycles. The third-order valence-corrected chi connectivity index (χ3v) is 4.76. The van der Waals surface area contributed by atoms with Crippen LogP contribution in [0.3, 0.4) is 0 Å². The van der Waals surface area contributed by atoms with Crippen molar-refractivity contribution in [1.29, 1.82) is 0 Å². The van der Waals surface area contributed by atoms with Gasteiger partial charge in [-0.3, -0.25) is 14.2 Å². The lowest BCUT2D eigenvalue weighted by molar-refractivity contribution is -0.118. The van der Waals surface area contributed by atoms with Gasteiger partial charge in [-0.1, -0.05) is 25.6 Å². The van der Waals surface area contributed by atoms with E-state index >= 15 is 0 Å². The molecule has 0 bridgehead atoms. The maximum atomic E-state index is 12.4. The Hall–Kier alpha value is -2.39. The third kappa shape index (κ3) is 6.07. The van der Waals surface area contributed by atoms with Crippen LogP contribution in [0.15, 0.2) is 34.2 Å². The highest BCUT2D eigenvalue weighted by Crippen LogP contribution is 2.17. The van der Waals surface area contributed by atoms with Crippen LogP contribution in [0, 0.1) is 5.92 Å². The normalized spacial score (nSPS) is 11.0. The van der Waals surface area contributed by atoms with Gasteiger partial charge in [0.2, 0.25) is 5.91 Å². The van der Waals surface area contributed by atoms with Crippen LogP contribution >= 0.6 is 11.8 Å². The van der Waals surface area contributed by atoms with Gasteiger partial charge in [-0.15, -0.1) is 5.10 Å². The molecule has 146 valence electrons. The average Bonchev–Trinajstić information content (AvgIpc) is 3.00. The summed E-state index contributed by atoms with van der Waals surface area (Å²) >= 11 is 1.21. The molecule has 0 aliphatic carbocycles. The van der Waals surface area contributed by atoms with Gasteiger partial charge in [0.25, 0.3) is 0 Å². The molecule has 8 nitrogen and oxygen atoms in total. The Morgan fingerprint density at radius 2 is 2.00 bits per heavy atom. The first-order valence-electron chi connectivity index (χ1n) is 8.63. The number of methoxy groups -OCH3 is 1. The summed E-state index contributed by atoms with van der Waals surface area (Å²) < 4.78 is 6.49. The Balaban J connectivity index is 1.94. The molecule has 0 radical (unpaired) electrons. The minimum Gasteiger partial charge on any atom is -0.385 e. The molecule has 1 amide bonds. The zero-order valence-electron chi connectivity index (χ0n) is 15.7. The number of amides is 1. The molecule has 0 saturated heterocycles. The summed E-state index contributed by atoms with van der Waals surface area (Å²) in [7, 11) is 1.60. The van der Waals surface area contributed by atoms with Crippen LogP contribution in [-0.4, -0.2) is 45.9 Å². The number of carbonyl (C=O) groups is 2. The molecule has 27 heavy (non-hydrogen) atoms. The Kier molecular flexibility index (Phi) is 7.81. The van der Waals surface area contributed by atoms with E-state index in [4.69, 9.17) is 4.74 Å². The summed E-state index contributed by atoms with van der Waals surface area (Å²) in [5, 5.41) is 9.64. The first-order valence-corrected chi connectivity index (χ1v) is 9.62. The van der Waals surface area contributed by atoms with E-state index in [1.54, 1.807) is 31.4 Å². The number of anilines is 1. The number of aromatic nitrogens is 3. The van der Waals surface area contributed by atoms with E-state index in [9.17, 15) is 14.4 Å². The number of hydrogen-bond donors (Lipinski definition) is 2. The molecule has 0 atom stereocenters.